The summed E-state index contributed by atoms with van der Waals surface area (Å²) in [6.45, 7) is 2.02. The van der Waals surface area contributed by atoms with Crippen molar-refractivity contribution in [3.63, 3.8) is 0 Å². The van der Waals surface area contributed by atoms with Crippen LogP contribution in [0.1, 0.15) is 11.1 Å². The number of hydrogen-bond acceptors (Lipinski definition) is 2. The molecule has 1 aliphatic heterocycles. The molecule has 3 nitrogen and oxygen atoms in total. The molecule has 2 rings (SSSR count). The Balaban J connectivity index is 2.08. The minimum atomic E-state index is -0.475. The summed E-state index contributed by atoms with van der Waals surface area (Å²) < 4.78 is 4.94. The molecule has 3 heteroatoms. The lowest BCUT2D eigenvalue weighted by molar-refractivity contribution is -0.122. The standard InChI is InChI=1S/C11H10NO2/c1-8-3-2-4-9(5-8)6-10-11(13)12-7-14-10/h2-5,10H,6H2,1H3/q-1. The van der Waals surface area contributed by atoms with Gasteiger partial charge in [0.1, 0.15) is 5.91 Å². The Bertz CT molecular complexity index is 385. The van der Waals surface area contributed by atoms with E-state index in [1.165, 1.54) is 5.56 Å². The predicted octanol–water partition coefficient (Wildman–Crippen LogP) is 1.37. The van der Waals surface area contributed by atoms with E-state index in [0.717, 1.165) is 5.56 Å². The number of aryl methyl sites for hydroxylation is 1. The fourth-order valence-electron chi connectivity index (χ4n) is 1.44. The number of amides is 1. The minimum Gasteiger partial charge on any atom is -0.577 e. The number of carbonyl (C=O) groups excluding carboxylic acids is 1. The molecule has 0 fully saturated rings. The Morgan fingerprint density at radius 2 is 2.43 bits per heavy atom. The highest BCUT2D eigenvalue weighted by Gasteiger charge is 2.13. The average molecular weight is 188 g/mol. The Labute approximate surface area is 82.4 Å². The maximum atomic E-state index is 11.1. The van der Waals surface area contributed by atoms with E-state index in [1.54, 1.807) is 0 Å². The summed E-state index contributed by atoms with van der Waals surface area (Å²) in [5.41, 5.74) is 2.26. The van der Waals surface area contributed by atoms with Gasteiger partial charge < -0.3 is 14.5 Å². The number of carbonyl (C=O) groups is 1. The molecule has 72 valence electrons. The molecule has 0 radical (unpaired) electrons. The minimum absolute atomic E-state index is 0.244. The van der Waals surface area contributed by atoms with Gasteiger partial charge >= 0.3 is 0 Å². The van der Waals surface area contributed by atoms with Gasteiger partial charge in [-0.05, 0) is 18.9 Å². The number of rotatable bonds is 2. The lowest BCUT2D eigenvalue weighted by Gasteiger charge is -2.14. The first-order valence-corrected chi connectivity index (χ1v) is 4.46. The predicted molar refractivity (Wildman–Crippen MR) is 52.2 cm³/mol. The maximum Gasteiger partial charge on any atom is 0.128 e. The van der Waals surface area contributed by atoms with Crippen molar-refractivity contribution in [1.82, 2.24) is 0 Å². The molecule has 0 N–H and O–H groups in total. The Hall–Kier alpha value is -1.64. The highest BCUT2D eigenvalue weighted by atomic mass is 16.5. The summed E-state index contributed by atoms with van der Waals surface area (Å²) in [6.07, 6.45) is 2.32. The zero-order chi connectivity index (χ0) is 9.97. The van der Waals surface area contributed by atoms with E-state index in [0.29, 0.717) is 6.42 Å². The topological polar surface area (TPSA) is 38.7 Å². The van der Waals surface area contributed by atoms with E-state index in [9.17, 15) is 4.79 Å². The molecule has 0 bridgehead atoms. The summed E-state index contributed by atoms with van der Waals surface area (Å²) >= 11 is 0. The third-order valence-electron chi connectivity index (χ3n) is 2.13. The van der Waals surface area contributed by atoms with Crippen molar-refractivity contribution in [3.8, 4) is 0 Å². The Kier molecular flexibility index (Phi) is 2.31. The molecule has 0 saturated carbocycles. The molecule has 0 aliphatic carbocycles. The first-order valence-electron chi connectivity index (χ1n) is 4.46. The smallest absolute Gasteiger partial charge is 0.128 e. The van der Waals surface area contributed by atoms with Gasteiger partial charge in [0, 0.05) is 6.40 Å². The second-order valence-corrected chi connectivity index (χ2v) is 3.34. The molecule has 0 spiro atoms. The lowest BCUT2D eigenvalue weighted by Crippen LogP contribution is -2.19. The summed E-state index contributed by atoms with van der Waals surface area (Å²) in [7, 11) is 0. The first kappa shape index (κ1) is 8.94. The molecule has 1 amide bonds. The van der Waals surface area contributed by atoms with Gasteiger partial charge in [0.25, 0.3) is 0 Å². The van der Waals surface area contributed by atoms with Crippen LogP contribution in [0, 0.1) is 6.92 Å². The largest absolute Gasteiger partial charge is 0.577 e. The summed E-state index contributed by atoms with van der Waals surface area (Å²) in [6, 6.07) is 8.00. The SMILES string of the molecule is Cc1cccc(CC2O[C-]=NC2=O)c1. The monoisotopic (exact) mass is 188 g/mol. The number of nitrogens with zero attached hydrogens (tertiary/aromatic N) is 1. The summed E-state index contributed by atoms with van der Waals surface area (Å²) in [4.78, 5) is 14.5. The first-order chi connectivity index (χ1) is 6.75. The molecule has 1 unspecified atom stereocenters. The second kappa shape index (κ2) is 3.62. The van der Waals surface area contributed by atoms with Crippen LogP contribution in [0.4, 0.5) is 0 Å². The summed E-state index contributed by atoms with van der Waals surface area (Å²) in [5, 5.41) is 0. The number of benzene rings is 1. The van der Waals surface area contributed by atoms with E-state index >= 15 is 0 Å². The summed E-state index contributed by atoms with van der Waals surface area (Å²) in [5.74, 6) is -0.244. The van der Waals surface area contributed by atoms with Crippen molar-refractivity contribution in [2.45, 2.75) is 19.4 Å². The van der Waals surface area contributed by atoms with Crippen molar-refractivity contribution in [2.75, 3.05) is 0 Å². The van der Waals surface area contributed by atoms with Crippen LogP contribution in [-0.2, 0) is 16.0 Å². The number of ether oxygens (including phenoxy) is 1. The lowest BCUT2D eigenvalue weighted by atomic mass is 10.1. The van der Waals surface area contributed by atoms with E-state index in [-0.39, 0.29) is 5.91 Å². The number of aliphatic imine (C=N–C) groups is 1. The van der Waals surface area contributed by atoms with Gasteiger partial charge in [0.05, 0.1) is 6.10 Å². The highest BCUT2D eigenvalue weighted by molar-refractivity contribution is 5.91. The Morgan fingerprint density at radius 3 is 3.07 bits per heavy atom. The van der Waals surface area contributed by atoms with Crippen LogP contribution in [0.15, 0.2) is 29.3 Å². The van der Waals surface area contributed by atoms with Gasteiger partial charge in [-0.2, -0.15) is 0 Å². The Morgan fingerprint density at radius 1 is 1.57 bits per heavy atom. The molecular formula is C11H10NO2-. The fourth-order valence-corrected chi connectivity index (χ4v) is 1.44. The van der Waals surface area contributed by atoms with Crippen LogP contribution in [0.25, 0.3) is 0 Å². The van der Waals surface area contributed by atoms with Crippen LogP contribution in [0.5, 0.6) is 0 Å². The third-order valence-corrected chi connectivity index (χ3v) is 2.13. The average Bonchev–Trinajstić information content (AvgIpc) is 2.52. The number of hydrogen-bond donors (Lipinski definition) is 0. The van der Waals surface area contributed by atoms with Gasteiger partial charge in [-0.3, -0.25) is 0 Å². The van der Waals surface area contributed by atoms with Crippen LogP contribution >= 0.6 is 0 Å². The van der Waals surface area contributed by atoms with Gasteiger partial charge in [0.15, 0.2) is 0 Å². The zero-order valence-corrected chi connectivity index (χ0v) is 7.86. The molecule has 0 saturated heterocycles. The van der Waals surface area contributed by atoms with Crippen molar-refractivity contribution >= 4 is 12.3 Å². The zero-order valence-electron chi connectivity index (χ0n) is 7.86. The third kappa shape index (κ3) is 1.82. The van der Waals surface area contributed by atoms with Crippen molar-refractivity contribution in [1.29, 1.82) is 0 Å². The molecule has 1 atom stereocenters. The molecule has 1 heterocycles. The van der Waals surface area contributed by atoms with Crippen LogP contribution in [0.3, 0.4) is 0 Å². The molecule has 1 aromatic carbocycles. The van der Waals surface area contributed by atoms with Crippen LogP contribution in [0.2, 0.25) is 0 Å². The molecule has 0 aromatic heterocycles. The fraction of sp³-hybridized carbons (Fsp3) is 0.273. The van der Waals surface area contributed by atoms with E-state index in [1.807, 2.05) is 31.2 Å². The maximum absolute atomic E-state index is 11.1. The quantitative estimate of drug-likeness (QED) is 0.657. The highest BCUT2D eigenvalue weighted by Crippen LogP contribution is 2.11. The molecule has 1 aromatic rings. The van der Waals surface area contributed by atoms with Crippen LogP contribution < -0.4 is 0 Å². The molecule has 14 heavy (non-hydrogen) atoms. The second-order valence-electron chi connectivity index (χ2n) is 3.34. The van der Waals surface area contributed by atoms with Gasteiger partial charge in [-0.15, -0.1) is 0 Å². The molecule has 1 aliphatic rings. The van der Waals surface area contributed by atoms with Gasteiger partial charge in [0.2, 0.25) is 0 Å². The van der Waals surface area contributed by atoms with Crippen LogP contribution in [-0.4, -0.2) is 18.4 Å². The van der Waals surface area contributed by atoms with E-state index in [4.69, 9.17) is 4.74 Å². The van der Waals surface area contributed by atoms with Gasteiger partial charge in [-0.1, -0.05) is 29.8 Å². The van der Waals surface area contributed by atoms with Gasteiger partial charge in [-0.25, -0.2) is 0 Å². The van der Waals surface area contributed by atoms with E-state index in [2.05, 4.69) is 11.4 Å². The van der Waals surface area contributed by atoms with E-state index < -0.39 is 6.10 Å². The van der Waals surface area contributed by atoms with Crippen molar-refractivity contribution in [3.05, 3.63) is 35.4 Å². The molecular weight excluding hydrogens is 178 g/mol. The normalized spacial score (nSPS) is 19.8. The van der Waals surface area contributed by atoms with Crippen molar-refractivity contribution < 1.29 is 9.53 Å². The van der Waals surface area contributed by atoms with Crippen molar-refractivity contribution in [2.24, 2.45) is 4.99 Å².